The van der Waals surface area contributed by atoms with Crippen molar-refractivity contribution in [2.24, 2.45) is 0 Å². The maximum absolute atomic E-state index is 11.7. The first-order valence-electron chi connectivity index (χ1n) is 7.46. The summed E-state index contributed by atoms with van der Waals surface area (Å²) in [5, 5.41) is 3.42. The Morgan fingerprint density at radius 1 is 1.20 bits per heavy atom. The number of rotatable bonds is 9. The first kappa shape index (κ1) is 17.2. The summed E-state index contributed by atoms with van der Waals surface area (Å²) in [5.74, 6) is 0.774. The Hall–Kier alpha value is -0.870. The maximum atomic E-state index is 11.7. The van der Waals surface area contributed by atoms with Gasteiger partial charge in [0.15, 0.2) is 0 Å². The average Bonchev–Trinajstić information content (AvgIpc) is 2.44. The lowest BCUT2D eigenvalue weighted by atomic mass is 9.92. The lowest BCUT2D eigenvalue weighted by Gasteiger charge is -2.20. The zero-order valence-electron chi connectivity index (χ0n) is 12.9. The first-order chi connectivity index (χ1) is 9.50. The fraction of sp³-hybridized carbons (Fsp3) is 0.625. The highest BCUT2D eigenvalue weighted by Crippen LogP contribution is 2.23. The Balaban J connectivity index is 2.78. The van der Waals surface area contributed by atoms with Crippen LogP contribution >= 0.6 is 0 Å². The summed E-state index contributed by atoms with van der Waals surface area (Å²) in [6, 6.07) is 8.27. The fourth-order valence-electron chi connectivity index (χ4n) is 2.33. The zero-order valence-corrected chi connectivity index (χ0v) is 13.7. The highest BCUT2D eigenvalue weighted by atomic mass is 32.2. The van der Waals surface area contributed by atoms with Crippen LogP contribution in [0.5, 0.6) is 0 Å². The van der Waals surface area contributed by atoms with Crippen LogP contribution in [0.15, 0.2) is 24.3 Å². The zero-order chi connectivity index (χ0) is 15.0. The van der Waals surface area contributed by atoms with Crippen molar-refractivity contribution < 1.29 is 8.42 Å². The SMILES string of the molecule is CCCNCC(CCS(=O)(=O)CC)c1ccccc1C. The molecule has 0 bridgehead atoms. The molecule has 0 radical (unpaired) electrons. The number of nitrogens with one attached hydrogen (secondary N) is 1. The van der Waals surface area contributed by atoms with Crippen LogP contribution in [0.25, 0.3) is 0 Å². The molecule has 0 aliphatic rings. The topological polar surface area (TPSA) is 46.2 Å². The third-order valence-electron chi connectivity index (χ3n) is 3.66. The van der Waals surface area contributed by atoms with Crippen LogP contribution in [0.4, 0.5) is 0 Å². The molecule has 3 nitrogen and oxygen atoms in total. The van der Waals surface area contributed by atoms with E-state index in [4.69, 9.17) is 0 Å². The first-order valence-corrected chi connectivity index (χ1v) is 9.29. The molecule has 0 aliphatic carbocycles. The molecule has 4 heteroatoms. The lowest BCUT2D eigenvalue weighted by Crippen LogP contribution is -2.25. The van der Waals surface area contributed by atoms with E-state index in [1.807, 2.05) is 12.1 Å². The predicted octanol–water partition coefficient (Wildman–Crippen LogP) is 2.90. The smallest absolute Gasteiger partial charge is 0.150 e. The van der Waals surface area contributed by atoms with Gasteiger partial charge in [-0.05, 0) is 43.4 Å². The highest BCUT2D eigenvalue weighted by Gasteiger charge is 2.17. The van der Waals surface area contributed by atoms with E-state index in [-0.39, 0.29) is 17.4 Å². The highest BCUT2D eigenvalue weighted by molar-refractivity contribution is 7.91. The van der Waals surface area contributed by atoms with Crippen LogP contribution in [-0.4, -0.2) is 33.0 Å². The van der Waals surface area contributed by atoms with Gasteiger partial charge in [-0.3, -0.25) is 0 Å². The Kier molecular flexibility index (Phi) is 7.24. The van der Waals surface area contributed by atoms with E-state index in [1.165, 1.54) is 11.1 Å². The molecule has 114 valence electrons. The van der Waals surface area contributed by atoms with E-state index >= 15 is 0 Å². The van der Waals surface area contributed by atoms with Gasteiger partial charge in [0, 0.05) is 12.3 Å². The second-order valence-electron chi connectivity index (χ2n) is 5.28. The quantitative estimate of drug-likeness (QED) is 0.713. The summed E-state index contributed by atoms with van der Waals surface area (Å²) in [6.07, 6.45) is 1.78. The summed E-state index contributed by atoms with van der Waals surface area (Å²) in [7, 11) is -2.89. The van der Waals surface area contributed by atoms with Gasteiger partial charge in [-0.15, -0.1) is 0 Å². The average molecular weight is 297 g/mol. The molecule has 1 aromatic rings. The predicted molar refractivity (Wildman–Crippen MR) is 86.0 cm³/mol. The van der Waals surface area contributed by atoms with Gasteiger partial charge in [-0.2, -0.15) is 0 Å². The minimum Gasteiger partial charge on any atom is -0.316 e. The number of sulfone groups is 1. The molecule has 1 aromatic carbocycles. The number of benzene rings is 1. The molecule has 1 N–H and O–H groups in total. The molecule has 0 fully saturated rings. The Labute approximate surface area is 123 Å². The molecule has 0 aliphatic heterocycles. The summed E-state index contributed by atoms with van der Waals surface area (Å²) >= 11 is 0. The fourth-order valence-corrected chi connectivity index (χ4v) is 3.26. The van der Waals surface area contributed by atoms with E-state index in [1.54, 1.807) is 6.92 Å². The van der Waals surface area contributed by atoms with Crippen LogP contribution in [-0.2, 0) is 9.84 Å². The minimum absolute atomic E-state index is 0.232. The van der Waals surface area contributed by atoms with E-state index in [0.717, 1.165) is 19.5 Å². The molecule has 0 saturated heterocycles. The summed E-state index contributed by atoms with van der Waals surface area (Å²) < 4.78 is 23.5. The molecule has 1 rings (SSSR count). The van der Waals surface area contributed by atoms with Gasteiger partial charge in [-0.1, -0.05) is 38.1 Å². The number of aryl methyl sites for hydroxylation is 1. The molecule has 0 spiro atoms. The standard InChI is InChI=1S/C16H27NO2S/c1-4-11-17-13-15(10-12-20(18,19)5-2)16-9-7-6-8-14(16)3/h6-9,15,17H,4-5,10-13H2,1-3H3. The van der Waals surface area contributed by atoms with E-state index < -0.39 is 9.84 Å². The Morgan fingerprint density at radius 3 is 2.50 bits per heavy atom. The van der Waals surface area contributed by atoms with Crippen molar-refractivity contribution >= 4 is 9.84 Å². The van der Waals surface area contributed by atoms with Gasteiger partial charge in [0.1, 0.15) is 9.84 Å². The van der Waals surface area contributed by atoms with Crippen LogP contribution in [0.1, 0.15) is 43.7 Å². The third kappa shape index (κ3) is 5.63. The van der Waals surface area contributed by atoms with E-state index in [2.05, 4.69) is 31.3 Å². The molecule has 0 heterocycles. The van der Waals surface area contributed by atoms with Gasteiger partial charge in [0.2, 0.25) is 0 Å². The van der Waals surface area contributed by atoms with Crippen molar-refractivity contribution in [3.63, 3.8) is 0 Å². The molecular formula is C16H27NO2S. The molecular weight excluding hydrogens is 270 g/mol. The van der Waals surface area contributed by atoms with Crippen molar-refractivity contribution in [3.8, 4) is 0 Å². The molecule has 0 amide bonds. The maximum Gasteiger partial charge on any atom is 0.150 e. The van der Waals surface area contributed by atoms with Crippen LogP contribution in [0, 0.1) is 6.92 Å². The van der Waals surface area contributed by atoms with Crippen molar-refractivity contribution in [2.45, 2.75) is 39.5 Å². The summed E-state index contributed by atoms with van der Waals surface area (Å²) in [4.78, 5) is 0. The normalized spacial score (nSPS) is 13.3. The second-order valence-corrected chi connectivity index (χ2v) is 7.76. The van der Waals surface area contributed by atoms with Gasteiger partial charge in [-0.25, -0.2) is 8.42 Å². The third-order valence-corrected chi connectivity index (χ3v) is 5.40. The molecule has 1 unspecified atom stereocenters. The largest absolute Gasteiger partial charge is 0.316 e. The second kappa shape index (κ2) is 8.42. The lowest BCUT2D eigenvalue weighted by molar-refractivity contribution is 0.553. The van der Waals surface area contributed by atoms with Gasteiger partial charge in [0.05, 0.1) is 5.75 Å². The molecule has 0 aromatic heterocycles. The summed E-state index contributed by atoms with van der Waals surface area (Å²) in [5.41, 5.74) is 2.51. The monoisotopic (exact) mass is 297 g/mol. The molecule has 0 saturated carbocycles. The molecule has 1 atom stereocenters. The molecule has 20 heavy (non-hydrogen) atoms. The van der Waals surface area contributed by atoms with Crippen molar-refractivity contribution in [2.75, 3.05) is 24.6 Å². The Bertz CT molecular complexity index is 497. The van der Waals surface area contributed by atoms with Gasteiger partial charge < -0.3 is 5.32 Å². The minimum atomic E-state index is -2.89. The van der Waals surface area contributed by atoms with Crippen LogP contribution in [0.2, 0.25) is 0 Å². The Morgan fingerprint density at radius 2 is 1.90 bits per heavy atom. The van der Waals surface area contributed by atoms with Crippen molar-refractivity contribution in [1.29, 1.82) is 0 Å². The van der Waals surface area contributed by atoms with E-state index in [0.29, 0.717) is 6.42 Å². The van der Waals surface area contributed by atoms with Gasteiger partial charge >= 0.3 is 0 Å². The number of hydrogen-bond acceptors (Lipinski definition) is 3. The van der Waals surface area contributed by atoms with Crippen molar-refractivity contribution in [3.05, 3.63) is 35.4 Å². The van der Waals surface area contributed by atoms with E-state index in [9.17, 15) is 8.42 Å². The van der Waals surface area contributed by atoms with Crippen molar-refractivity contribution in [1.82, 2.24) is 5.32 Å². The van der Waals surface area contributed by atoms with Crippen LogP contribution in [0.3, 0.4) is 0 Å². The summed E-state index contributed by atoms with van der Waals surface area (Å²) in [6.45, 7) is 7.77. The van der Waals surface area contributed by atoms with Gasteiger partial charge in [0.25, 0.3) is 0 Å². The number of hydrogen-bond donors (Lipinski definition) is 1. The van der Waals surface area contributed by atoms with Crippen LogP contribution < -0.4 is 5.32 Å².